The van der Waals surface area contributed by atoms with E-state index in [2.05, 4.69) is 60.3 Å². The maximum absolute atomic E-state index is 2.54. The molecular weight excluding hydrogens is 146 g/mol. The summed E-state index contributed by atoms with van der Waals surface area (Å²) in [7, 11) is 0. The van der Waals surface area contributed by atoms with Crippen LogP contribution in [-0.2, 0) is 0 Å². The molecule has 0 bridgehead atoms. The highest BCUT2D eigenvalue weighted by Gasteiger charge is 2.32. The second-order valence-corrected chi connectivity index (χ2v) is 5.81. The molecule has 0 aliphatic rings. The van der Waals surface area contributed by atoms with Gasteiger partial charge in [-0.3, -0.25) is 4.90 Å². The molecule has 0 radical (unpaired) electrons. The first-order chi connectivity index (χ1) is 5.07. The van der Waals surface area contributed by atoms with Crippen LogP contribution < -0.4 is 0 Å². The van der Waals surface area contributed by atoms with Crippen LogP contribution in [0, 0.1) is 0 Å². The van der Waals surface area contributed by atoms with Gasteiger partial charge in [0, 0.05) is 17.1 Å². The highest BCUT2D eigenvalue weighted by atomic mass is 15.3. The molecular formula is C11H25N. The van der Waals surface area contributed by atoms with Crippen LogP contribution >= 0.6 is 0 Å². The Bertz CT molecular complexity index is 120. The summed E-state index contributed by atoms with van der Waals surface area (Å²) in [5.74, 6) is 0. The molecule has 74 valence electrons. The smallest absolute Gasteiger partial charge is 0.0132 e. The zero-order valence-corrected chi connectivity index (χ0v) is 10.0. The average Bonchev–Trinajstić information content (AvgIpc) is 1.49. The summed E-state index contributed by atoms with van der Waals surface area (Å²) in [6.45, 7) is 18.2. The standard InChI is InChI=1S/C11H25N/c1-9(2)12(10(3,4)5)11(6,7)8/h9H,1-8H3. The summed E-state index contributed by atoms with van der Waals surface area (Å²) in [5.41, 5.74) is 0.513. The largest absolute Gasteiger partial charge is 0.291 e. The van der Waals surface area contributed by atoms with Crippen molar-refractivity contribution in [2.45, 2.75) is 72.5 Å². The fraction of sp³-hybridized carbons (Fsp3) is 1.00. The molecule has 0 fully saturated rings. The molecule has 12 heavy (non-hydrogen) atoms. The van der Waals surface area contributed by atoms with Gasteiger partial charge in [-0.25, -0.2) is 0 Å². The Hall–Kier alpha value is -0.0400. The molecule has 0 saturated heterocycles. The molecule has 0 unspecified atom stereocenters. The van der Waals surface area contributed by atoms with Crippen molar-refractivity contribution >= 4 is 0 Å². The van der Waals surface area contributed by atoms with Gasteiger partial charge >= 0.3 is 0 Å². The van der Waals surface area contributed by atoms with Gasteiger partial charge in [-0.1, -0.05) is 0 Å². The van der Waals surface area contributed by atoms with Crippen molar-refractivity contribution < 1.29 is 0 Å². The van der Waals surface area contributed by atoms with Gasteiger partial charge in [0.25, 0.3) is 0 Å². The average molecular weight is 171 g/mol. The number of rotatable bonds is 1. The minimum absolute atomic E-state index is 0.256. The lowest BCUT2D eigenvalue weighted by atomic mass is 9.94. The molecule has 0 spiro atoms. The van der Waals surface area contributed by atoms with Crippen molar-refractivity contribution in [1.82, 2.24) is 4.90 Å². The predicted octanol–water partition coefficient (Wildman–Crippen LogP) is 3.29. The van der Waals surface area contributed by atoms with E-state index in [1.807, 2.05) is 0 Å². The third kappa shape index (κ3) is 3.14. The SMILES string of the molecule is CC(C)N(C(C)(C)C)C(C)(C)C. The molecule has 0 amide bonds. The first-order valence-corrected chi connectivity index (χ1v) is 4.86. The molecule has 0 atom stereocenters. The van der Waals surface area contributed by atoms with Gasteiger partial charge in [0.05, 0.1) is 0 Å². The van der Waals surface area contributed by atoms with Gasteiger partial charge in [-0.15, -0.1) is 0 Å². The minimum Gasteiger partial charge on any atom is -0.291 e. The van der Waals surface area contributed by atoms with Crippen LogP contribution in [0.25, 0.3) is 0 Å². The molecule has 0 aliphatic carbocycles. The van der Waals surface area contributed by atoms with Crippen LogP contribution in [0.3, 0.4) is 0 Å². The van der Waals surface area contributed by atoms with E-state index in [1.165, 1.54) is 0 Å². The lowest BCUT2D eigenvalue weighted by Crippen LogP contribution is -2.55. The molecule has 0 aromatic heterocycles. The second-order valence-electron chi connectivity index (χ2n) is 5.81. The van der Waals surface area contributed by atoms with Crippen LogP contribution in [0.1, 0.15) is 55.4 Å². The van der Waals surface area contributed by atoms with Crippen LogP contribution in [0.15, 0.2) is 0 Å². The fourth-order valence-electron chi connectivity index (χ4n) is 2.56. The first-order valence-electron chi connectivity index (χ1n) is 4.86. The van der Waals surface area contributed by atoms with Crippen LogP contribution in [0.2, 0.25) is 0 Å². The molecule has 0 aromatic rings. The van der Waals surface area contributed by atoms with Gasteiger partial charge in [0.2, 0.25) is 0 Å². The highest BCUT2D eigenvalue weighted by molar-refractivity contribution is 4.88. The Morgan fingerprint density at radius 3 is 1.00 bits per heavy atom. The van der Waals surface area contributed by atoms with Gasteiger partial charge in [0.15, 0.2) is 0 Å². The summed E-state index contributed by atoms with van der Waals surface area (Å²) >= 11 is 0. The van der Waals surface area contributed by atoms with E-state index in [1.54, 1.807) is 0 Å². The zero-order valence-electron chi connectivity index (χ0n) is 10.0. The zero-order chi connectivity index (χ0) is 10.2. The van der Waals surface area contributed by atoms with E-state index in [-0.39, 0.29) is 11.1 Å². The summed E-state index contributed by atoms with van der Waals surface area (Å²) in [4.78, 5) is 2.54. The molecule has 1 heteroatoms. The third-order valence-corrected chi connectivity index (χ3v) is 1.96. The van der Waals surface area contributed by atoms with E-state index in [0.29, 0.717) is 6.04 Å². The van der Waals surface area contributed by atoms with Crippen LogP contribution in [0.5, 0.6) is 0 Å². The van der Waals surface area contributed by atoms with Gasteiger partial charge in [-0.2, -0.15) is 0 Å². The summed E-state index contributed by atoms with van der Waals surface area (Å²) in [5, 5.41) is 0. The maximum atomic E-state index is 2.54. The lowest BCUT2D eigenvalue weighted by molar-refractivity contribution is 0.00806. The van der Waals surface area contributed by atoms with Crippen molar-refractivity contribution in [3.8, 4) is 0 Å². The van der Waals surface area contributed by atoms with Crippen molar-refractivity contribution in [1.29, 1.82) is 0 Å². The molecule has 1 nitrogen and oxygen atoms in total. The highest BCUT2D eigenvalue weighted by Crippen LogP contribution is 2.26. The first kappa shape index (κ1) is 12.0. The van der Waals surface area contributed by atoms with Crippen molar-refractivity contribution in [3.05, 3.63) is 0 Å². The maximum Gasteiger partial charge on any atom is 0.0132 e. The number of hydrogen-bond donors (Lipinski definition) is 0. The quantitative estimate of drug-likeness (QED) is 0.585. The fourth-order valence-corrected chi connectivity index (χ4v) is 2.56. The Kier molecular flexibility index (Phi) is 3.36. The summed E-state index contributed by atoms with van der Waals surface area (Å²) in [6, 6.07) is 0.602. The van der Waals surface area contributed by atoms with Crippen LogP contribution in [-0.4, -0.2) is 22.0 Å². The normalized spacial score (nSPS) is 14.5. The van der Waals surface area contributed by atoms with E-state index >= 15 is 0 Å². The molecule has 0 N–H and O–H groups in total. The lowest BCUT2D eigenvalue weighted by Gasteiger charge is -2.48. The topological polar surface area (TPSA) is 3.24 Å². The molecule has 0 heterocycles. The van der Waals surface area contributed by atoms with Crippen molar-refractivity contribution in [2.75, 3.05) is 0 Å². The van der Waals surface area contributed by atoms with E-state index in [0.717, 1.165) is 0 Å². The van der Waals surface area contributed by atoms with E-state index in [4.69, 9.17) is 0 Å². The minimum atomic E-state index is 0.256. The van der Waals surface area contributed by atoms with Crippen molar-refractivity contribution in [3.63, 3.8) is 0 Å². The van der Waals surface area contributed by atoms with Gasteiger partial charge in [-0.05, 0) is 55.4 Å². The van der Waals surface area contributed by atoms with Gasteiger partial charge in [0.1, 0.15) is 0 Å². The molecule has 0 aliphatic heterocycles. The monoisotopic (exact) mass is 171 g/mol. The molecule has 0 saturated carbocycles. The Morgan fingerprint density at radius 2 is 1.00 bits per heavy atom. The van der Waals surface area contributed by atoms with E-state index < -0.39 is 0 Å². The summed E-state index contributed by atoms with van der Waals surface area (Å²) in [6.07, 6.45) is 0. The van der Waals surface area contributed by atoms with Crippen molar-refractivity contribution in [2.24, 2.45) is 0 Å². The van der Waals surface area contributed by atoms with E-state index in [9.17, 15) is 0 Å². The Morgan fingerprint density at radius 1 is 0.750 bits per heavy atom. The van der Waals surface area contributed by atoms with Gasteiger partial charge < -0.3 is 0 Å². The number of hydrogen-bond acceptors (Lipinski definition) is 1. The second kappa shape index (κ2) is 3.37. The predicted molar refractivity (Wildman–Crippen MR) is 56.5 cm³/mol. The van der Waals surface area contributed by atoms with Crippen LogP contribution in [0.4, 0.5) is 0 Å². The molecule has 0 rings (SSSR count). The third-order valence-electron chi connectivity index (χ3n) is 1.96. The Balaban J connectivity index is 4.70. The molecule has 0 aromatic carbocycles. The Labute approximate surface area is 78.1 Å². The number of nitrogens with zero attached hydrogens (tertiary/aromatic N) is 1. The summed E-state index contributed by atoms with van der Waals surface area (Å²) < 4.78 is 0.